The molecule has 0 radical (unpaired) electrons. The highest BCUT2D eigenvalue weighted by molar-refractivity contribution is 7.23. The van der Waals surface area contributed by atoms with E-state index in [-0.39, 0.29) is 96.2 Å². The summed E-state index contributed by atoms with van der Waals surface area (Å²) in [5.74, 6) is -0.469. The van der Waals surface area contributed by atoms with Gasteiger partial charge in [-0.25, -0.2) is 13.2 Å². The maximum atomic E-state index is 17.0. The van der Waals surface area contributed by atoms with Crippen molar-refractivity contribution in [3.05, 3.63) is 40.4 Å². The van der Waals surface area contributed by atoms with Crippen molar-refractivity contribution < 1.29 is 27.4 Å². The van der Waals surface area contributed by atoms with Crippen molar-refractivity contribution in [3.63, 3.8) is 0 Å². The van der Waals surface area contributed by atoms with Crippen molar-refractivity contribution in [1.82, 2.24) is 25.1 Å². The van der Waals surface area contributed by atoms with Crippen LogP contribution in [0.3, 0.4) is 0 Å². The van der Waals surface area contributed by atoms with Crippen molar-refractivity contribution >= 4 is 54.8 Å². The molecule has 6 heterocycles. The maximum Gasteiger partial charge on any atom is 0.320 e. The number of nitrogen functional groups attached to an aromatic ring is 1. The summed E-state index contributed by atoms with van der Waals surface area (Å²) in [5, 5.41) is 13.8. The molecule has 7 atom stereocenters. The van der Waals surface area contributed by atoms with Crippen LogP contribution in [0.1, 0.15) is 50.5 Å². The highest BCUT2D eigenvalue weighted by Crippen LogP contribution is 2.48. The summed E-state index contributed by atoms with van der Waals surface area (Å²) in [6, 6.07) is 6.26. The molecule has 2 saturated carbocycles. The normalized spacial score (nSPS) is 30.7. The Labute approximate surface area is 306 Å². The van der Waals surface area contributed by atoms with Crippen LogP contribution in [0.5, 0.6) is 11.9 Å². The number of alkyl halides is 1. The summed E-state index contributed by atoms with van der Waals surface area (Å²) < 4.78 is 59.5. The van der Waals surface area contributed by atoms with Gasteiger partial charge in [0.15, 0.2) is 5.82 Å². The number of likely N-dealkylation sites (tertiary alicyclic amines) is 1. The summed E-state index contributed by atoms with van der Waals surface area (Å²) >= 11 is 7.76. The van der Waals surface area contributed by atoms with E-state index in [0.29, 0.717) is 37.9 Å². The second-order valence-electron chi connectivity index (χ2n) is 15.4. The number of nitrogens with one attached hydrogen (secondary N) is 1. The third-order valence-corrected chi connectivity index (χ3v) is 13.6. The molecule has 4 aromatic rings. The Morgan fingerprint density at radius 3 is 2.83 bits per heavy atom. The number of hydrogen-bond donors (Lipinski definition) is 2. The number of anilines is 1. The summed E-state index contributed by atoms with van der Waals surface area (Å²) in [7, 11) is 0. The molecule has 10 nitrogen and oxygen atoms in total. The first-order valence-electron chi connectivity index (χ1n) is 18.0. The molecule has 2 aromatic carbocycles. The fourth-order valence-corrected chi connectivity index (χ4v) is 10.8. The van der Waals surface area contributed by atoms with E-state index >= 15 is 4.39 Å². The minimum atomic E-state index is -0.959. The molecule has 6 fully saturated rings. The van der Waals surface area contributed by atoms with Crippen LogP contribution in [-0.4, -0.2) is 87.9 Å². The van der Waals surface area contributed by atoms with Gasteiger partial charge in [-0.05, 0) is 62.3 Å². The molecule has 10 rings (SSSR count). The quantitative estimate of drug-likeness (QED) is 0.209. The maximum absolute atomic E-state index is 17.0. The van der Waals surface area contributed by atoms with Gasteiger partial charge in [0, 0.05) is 54.9 Å². The van der Waals surface area contributed by atoms with Gasteiger partial charge in [-0.15, -0.1) is 11.3 Å². The second-order valence-corrected chi connectivity index (χ2v) is 16.9. The predicted octanol–water partition coefficient (Wildman–Crippen LogP) is 5.97. The number of benzene rings is 2. The number of nitrogens with zero attached hydrogens (tertiary/aromatic N) is 5. The summed E-state index contributed by atoms with van der Waals surface area (Å²) in [4.78, 5) is 26.6. The van der Waals surface area contributed by atoms with Gasteiger partial charge >= 0.3 is 6.01 Å². The third kappa shape index (κ3) is 5.06. The van der Waals surface area contributed by atoms with Crippen LogP contribution in [-0.2, 0) is 4.79 Å². The van der Waals surface area contributed by atoms with Crippen molar-refractivity contribution in [2.75, 3.05) is 32.0 Å². The van der Waals surface area contributed by atoms with Crippen molar-refractivity contribution in [2.24, 2.45) is 11.8 Å². The summed E-state index contributed by atoms with van der Waals surface area (Å²) in [6.45, 7) is 1.82. The number of nitriles is 1. The fourth-order valence-electron chi connectivity index (χ4n) is 9.59. The van der Waals surface area contributed by atoms with Gasteiger partial charge in [0.05, 0.1) is 26.2 Å². The first kappa shape index (κ1) is 32.7. The number of aromatic nitrogens is 2. The molecule has 3 N–H and O–H groups in total. The van der Waals surface area contributed by atoms with Gasteiger partial charge in [0.1, 0.15) is 47.3 Å². The van der Waals surface area contributed by atoms with Crippen molar-refractivity contribution in [1.29, 1.82) is 5.26 Å². The predicted molar refractivity (Wildman–Crippen MR) is 189 cm³/mol. The number of halogens is 4. The van der Waals surface area contributed by atoms with Crippen LogP contribution in [0.15, 0.2) is 18.2 Å². The van der Waals surface area contributed by atoms with Crippen molar-refractivity contribution in [2.45, 2.75) is 80.9 Å². The molecule has 0 unspecified atom stereocenters. The number of fused-ring (bicyclic) bond motifs is 5. The Hall–Kier alpha value is -3.90. The molecule has 0 spiro atoms. The molecule has 270 valence electrons. The molecule has 4 aliphatic heterocycles. The Morgan fingerprint density at radius 2 is 2.06 bits per heavy atom. The number of nitrogens with two attached hydrogens (primary N) is 1. The topological polar surface area (TPSA) is 140 Å². The Balaban J connectivity index is 1.02. The van der Waals surface area contributed by atoms with E-state index in [2.05, 4.69) is 20.2 Å². The van der Waals surface area contributed by atoms with E-state index in [4.69, 9.17) is 26.8 Å². The number of ether oxygens (including phenoxy) is 2. The molecular weight excluding hydrogens is 715 g/mol. The second kappa shape index (κ2) is 11.8. The molecule has 52 heavy (non-hydrogen) atoms. The lowest BCUT2D eigenvalue weighted by atomic mass is 9.95. The van der Waals surface area contributed by atoms with Crippen LogP contribution in [0.2, 0.25) is 5.02 Å². The number of piperidine rings is 1. The standard InChI is InChI=1S/C37H35ClF3N7O3S/c38-23-10-21-30(28(41)27(23)20-4-5-24(40)32-26(20)22(12-42)33(43)52-32)45-36(50-15-37-6-1-7-47(37)14-18(39)11-37)46-34(21)51-25-9-19-8-17(25)13-48(19)35(49)31-29(44-31)16-2-3-16/h4-5,10,16-19,25,29,31,44H,1-3,6-9,11,13-15,43H2/t17-,18+,19-,25+,29-,31+,37-/m0/s1. The van der Waals surface area contributed by atoms with Crippen LogP contribution in [0.4, 0.5) is 18.2 Å². The van der Waals surface area contributed by atoms with Crippen LogP contribution in [0.25, 0.3) is 32.1 Å². The number of carbonyl (C=O) groups excluding carboxylic acids is 1. The number of rotatable bonds is 8. The minimum absolute atomic E-state index is 0.0130. The lowest BCUT2D eigenvalue weighted by Gasteiger charge is -2.32. The first-order valence-corrected chi connectivity index (χ1v) is 19.2. The van der Waals surface area contributed by atoms with E-state index < -0.39 is 23.3 Å². The third-order valence-electron chi connectivity index (χ3n) is 12.3. The molecule has 1 amide bonds. The van der Waals surface area contributed by atoms with Gasteiger partial charge in [-0.1, -0.05) is 17.7 Å². The zero-order chi connectivity index (χ0) is 35.6. The lowest BCUT2D eigenvalue weighted by Crippen LogP contribution is -2.45. The lowest BCUT2D eigenvalue weighted by molar-refractivity contribution is -0.133. The van der Waals surface area contributed by atoms with Gasteiger partial charge in [-0.2, -0.15) is 15.2 Å². The van der Waals surface area contributed by atoms with E-state index in [1.165, 1.54) is 31.0 Å². The molecule has 2 aromatic heterocycles. The molecular formula is C37H35ClF3N7O3S. The molecule has 6 aliphatic rings. The van der Waals surface area contributed by atoms with E-state index in [9.17, 15) is 18.8 Å². The SMILES string of the molecule is N#Cc1c(N)sc2c(F)ccc(-c3c(Cl)cc4c(O[C@@H]5C[C@@H]6C[C@H]5CN6C(=O)[C@@H]5N[C@H]5C5CC5)nc(OC[C@@]56CCCN5C[C@H](F)C6)nc4c3F)c12. The highest BCUT2D eigenvalue weighted by Gasteiger charge is 2.56. The van der Waals surface area contributed by atoms with E-state index in [1.807, 2.05) is 11.0 Å². The van der Waals surface area contributed by atoms with E-state index in [0.717, 1.165) is 37.1 Å². The number of amides is 1. The zero-order valence-corrected chi connectivity index (χ0v) is 29.6. The monoisotopic (exact) mass is 749 g/mol. The average Bonchev–Trinajstić information content (AvgIpc) is 3.91. The number of hydrogen-bond acceptors (Lipinski definition) is 10. The molecule has 15 heteroatoms. The summed E-state index contributed by atoms with van der Waals surface area (Å²) in [6.07, 6.45) is 4.55. The molecule has 2 aliphatic carbocycles. The molecule has 4 saturated heterocycles. The van der Waals surface area contributed by atoms with Crippen LogP contribution < -0.4 is 20.5 Å². The minimum Gasteiger partial charge on any atom is -0.473 e. The smallest absolute Gasteiger partial charge is 0.320 e. The Bertz CT molecular complexity index is 2230. The van der Waals surface area contributed by atoms with Gasteiger partial charge in [-0.3, -0.25) is 15.0 Å². The van der Waals surface area contributed by atoms with Crippen LogP contribution >= 0.6 is 22.9 Å². The Morgan fingerprint density at radius 1 is 1.21 bits per heavy atom. The van der Waals surface area contributed by atoms with Crippen LogP contribution in [0, 0.1) is 34.8 Å². The zero-order valence-electron chi connectivity index (χ0n) is 28.0. The van der Waals surface area contributed by atoms with Crippen molar-refractivity contribution in [3.8, 4) is 29.1 Å². The largest absolute Gasteiger partial charge is 0.473 e. The van der Waals surface area contributed by atoms with Gasteiger partial charge < -0.3 is 20.1 Å². The fraction of sp³-hybridized carbons (Fsp3) is 0.514. The summed E-state index contributed by atoms with van der Waals surface area (Å²) in [5.41, 5.74) is 5.61. The number of thiophene rings is 1. The van der Waals surface area contributed by atoms with Gasteiger partial charge in [0.25, 0.3) is 0 Å². The van der Waals surface area contributed by atoms with E-state index in [1.54, 1.807) is 0 Å². The Kier molecular flexibility index (Phi) is 7.43. The first-order chi connectivity index (χ1) is 25.1. The molecule has 2 bridgehead atoms. The average molecular weight is 750 g/mol. The number of carbonyl (C=O) groups is 1. The highest BCUT2D eigenvalue weighted by atomic mass is 35.5. The van der Waals surface area contributed by atoms with Gasteiger partial charge in [0.2, 0.25) is 11.8 Å².